The Bertz CT molecular complexity index is 532. The molecular weight excluding hydrogens is 276 g/mol. The minimum atomic E-state index is -4.20. The zero-order valence-electron chi connectivity index (χ0n) is 10.7. The lowest BCUT2D eigenvalue weighted by Crippen LogP contribution is -2.38. The highest BCUT2D eigenvalue weighted by Gasteiger charge is 2.24. The monoisotopic (exact) mass is 293 g/mol. The van der Waals surface area contributed by atoms with Crippen molar-refractivity contribution in [1.29, 1.82) is 0 Å². The summed E-state index contributed by atoms with van der Waals surface area (Å²) in [6, 6.07) is 1.47. The number of halogens is 2. The van der Waals surface area contributed by atoms with E-state index in [2.05, 4.69) is 4.72 Å². The second-order valence-corrected chi connectivity index (χ2v) is 6.39. The first-order valence-corrected chi connectivity index (χ1v) is 7.33. The van der Waals surface area contributed by atoms with E-state index in [1.54, 1.807) is 0 Å². The Labute approximate surface area is 111 Å². The Hall–Kier alpha value is -1.05. The van der Waals surface area contributed by atoms with Crippen molar-refractivity contribution in [3.8, 4) is 0 Å². The lowest BCUT2D eigenvalue weighted by atomic mass is 10.1. The molecule has 7 heteroatoms. The van der Waals surface area contributed by atoms with Crippen molar-refractivity contribution < 1.29 is 22.3 Å². The fourth-order valence-electron chi connectivity index (χ4n) is 1.69. The average molecular weight is 293 g/mol. The molecule has 0 spiro atoms. The number of hydrogen-bond acceptors (Lipinski definition) is 3. The van der Waals surface area contributed by atoms with Gasteiger partial charge in [0.05, 0.1) is 6.61 Å². The van der Waals surface area contributed by atoms with Gasteiger partial charge in [-0.2, -0.15) is 0 Å². The largest absolute Gasteiger partial charge is 0.395 e. The van der Waals surface area contributed by atoms with E-state index in [1.807, 2.05) is 13.8 Å². The molecule has 0 fully saturated rings. The molecule has 108 valence electrons. The van der Waals surface area contributed by atoms with E-state index < -0.39 is 39.2 Å². The Balaban J connectivity index is 3.00. The van der Waals surface area contributed by atoms with Gasteiger partial charge in [0.1, 0.15) is 16.5 Å². The molecule has 0 aromatic heterocycles. The first kappa shape index (κ1) is 16.0. The van der Waals surface area contributed by atoms with Gasteiger partial charge in [0.15, 0.2) is 0 Å². The number of sulfonamides is 1. The van der Waals surface area contributed by atoms with Gasteiger partial charge in [-0.05, 0) is 30.5 Å². The van der Waals surface area contributed by atoms with E-state index in [0.29, 0.717) is 12.5 Å². The average Bonchev–Trinajstić information content (AvgIpc) is 2.30. The Morgan fingerprint density at radius 1 is 1.32 bits per heavy atom. The summed E-state index contributed by atoms with van der Waals surface area (Å²) in [7, 11) is -4.20. The van der Waals surface area contributed by atoms with Crippen molar-refractivity contribution in [3.05, 3.63) is 29.8 Å². The van der Waals surface area contributed by atoms with Gasteiger partial charge in [-0.1, -0.05) is 13.8 Å². The van der Waals surface area contributed by atoms with Crippen LogP contribution in [0.4, 0.5) is 8.78 Å². The van der Waals surface area contributed by atoms with E-state index in [1.165, 1.54) is 0 Å². The SMILES string of the molecule is CC(C)CC(CO)NS(=O)(=O)c1cc(F)ccc1F. The molecule has 1 rings (SSSR count). The van der Waals surface area contributed by atoms with Gasteiger partial charge in [0.2, 0.25) is 10.0 Å². The molecular formula is C12H17F2NO3S. The predicted octanol–water partition coefficient (Wildman–Crippen LogP) is 1.65. The van der Waals surface area contributed by atoms with Crippen LogP contribution in [-0.4, -0.2) is 26.2 Å². The van der Waals surface area contributed by atoms with Gasteiger partial charge in [0.25, 0.3) is 0 Å². The smallest absolute Gasteiger partial charge is 0.243 e. The van der Waals surface area contributed by atoms with Crippen molar-refractivity contribution >= 4 is 10.0 Å². The van der Waals surface area contributed by atoms with Crippen LogP contribution in [-0.2, 0) is 10.0 Å². The number of rotatable bonds is 6. The van der Waals surface area contributed by atoms with Gasteiger partial charge >= 0.3 is 0 Å². The third-order valence-corrected chi connectivity index (χ3v) is 4.02. The second-order valence-electron chi connectivity index (χ2n) is 4.71. The second kappa shape index (κ2) is 6.40. The van der Waals surface area contributed by atoms with Gasteiger partial charge in [-0.15, -0.1) is 0 Å². The first-order chi connectivity index (χ1) is 8.76. The molecule has 0 aliphatic heterocycles. The molecule has 1 unspecified atom stereocenters. The summed E-state index contributed by atoms with van der Waals surface area (Å²) in [6.07, 6.45) is 0.396. The summed E-state index contributed by atoms with van der Waals surface area (Å²) < 4.78 is 52.5. The highest BCUT2D eigenvalue weighted by Crippen LogP contribution is 2.17. The van der Waals surface area contributed by atoms with Gasteiger partial charge in [0, 0.05) is 6.04 Å². The Kier molecular flexibility index (Phi) is 5.39. The minimum Gasteiger partial charge on any atom is -0.395 e. The predicted molar refractivity (Wildman–Crippen MR) is 67.0 cm³/mol. The molecule has 0 bridgehead atoms. The fourth-order valence-corrected chi connectivity index (χ4v) is 3.02. The maximum absolute atomic E-state index is 13.4. The van der Waals surface area contributed by atoms with E-state index in [0.717, 1.165) is 12.1 Å². The van der Waals surface area contributed by atoms with Crippen molar-refractivity contribution in [2.75, 3.05) is 6.61 Å². The molecule has 0 heterocycles. The molecule has 0 saturated heterocycles. The van der Waals surface area contributed by atoms with E-state index >= 15 is 0 Å². The standard InChI is InChI=1S/C12H17F2NO3S/c1-8(2)5-10(7-16)15-19(17,18)12-6-9(13)3-4-11(12)14/h3-4,6,8,10,15-16H,5,7H2,1-2H3. The van der Waals surface area contributed by atoms with Crippen molar-refractivity contribution in [2.24, 2.45) is 5.92 Å². The summed E-state index contributed by atoms with van der Waals surface area (Å²) in [5.74, 6) is -1.72. The first-order valence-electron chi connectivity index (χ1n) is 5.84. The summed E-state index contributed by atoms with van der Waals surface area (Å²) >= 11 is 0. The maximum atomic E-state index is 13.4. The number of hydrogen-bond donors (Lipinski definition) is 2. The van der Waals surface area contributed by atoms with Crippen LogP contribution in [0.1, 0.15) is 20.3 Å². The molecule has 19 heavy (non-hydrogen) atoms. The van der Waals surface area contributed by atoms with E-state index in [9.17, 15) is 17.2 Å². The third-order valence-electron chi connectivity index (χ3n) is 2.48. The van der Waals surface area contributed by atoms with Crippen LogP contribution in [0.5, 0.6) is 0 Å². The summed E-state index contributed by atoms with van der Waals surface area (Å²) in [5, 5.41) is 9.11. The lowest BCUT2D eigenvalue weighted by Gasteiger charge is -2.18. The van der Waals surface area contributed by atoms with Crippen LogP contribution >= 0.6 is 0 Å². The van der Waals surface area contributed by atoms with Crippen molar-refractivity contribution in [3.63, 3.8) is 0 Å². The maximum Gasteiger partial charge on any atom is 0.243 e. The third kappa shape index (κ3) is 4.52. The molecule has 0 aliphatic carbocycles. The highest BCUT2D eigenvalue weighted by molar-refractivity contribution is 7.89. The summed E-state index contributed by atoms with van der Waals surface area (Å²) in [4.78, 5) is -0.755. The molecule has 0 aliphatic rings. The van der Waals surface area contributed by atoms with Crippen LogP contribution in [0.3, 0.4) is 0 Å². The summed E-state index contributed by atoms with van der Waals surface area (Å²) in [5.41, 5.74) is 0. The number of aliphatic hydroxyl groups is 1. The molecule has 1 atom stereocenters. The van der Waals surface area contributed by atoms with Gasteiger partial charge < -0.3 is 5.11 Å². The van der Waals surface area contributed by atoms with E-state index in [-0.39, 0.29) is 5.92 Å². The molecule has 4 nitrogen and oxygen atoms in total. The minimum absolute atomic E-state index is 0.150. The molecule has 2 N–H and O–H groups in total. The quantitative estimate of drug-likeness (QED) is 0.838. The lowest BCUT2D eigenvalue weighted by molar-refractivity contribution is 0.240. The number of aliphatic hydroxyl groups excluding tert-OH is 1. The van der Waals surface area contributed by atoms with Crippen molar-refractivity contribution in [2.45, 2.75) is 31.2 Å². The highest BCUT2D eigenvalue weighted by atomic mass is 32.2. The summed E-state index contributed by atoms with van der Waals surface area (Å²) in [6.45, 7) is 3.31. The fraction of sp³-hybridized carbons (Fsp3) is 0.500. The number of benzene rings is 1. The zero-order chi connectivity index (χ0) is 14.6. The topological polar surface area (TPSA) is 66.4 Å². The van der Waals surface area contributed by atoms with Gasteiger partial charge in [-0.3, -0.25) is 0 Å². The van der Waals surface area contributed by atoms with Crippen LogP contribution in [0.15, 0.2) is 23.1 Å². The molecule has 1 aromatic rings. The molecule has 0 radical (unpaired) electrons. The molecule has 0 amide bonds. The van der Waals surface area contributed by atoms with E-state index in [4.69, 9.17) is 5.11 Å². The normalized spacial score (nSPS) is 13.8. The van der Waals surface area contributed by atoms with Crippen LogP contribution in [0, 0.1) is 17.6 Å². The number of nitrogens with one attached hydrogen (secondary N) is 1. The molecule has 0 saturated carbocycles. The van der Waals surface area contributed by atoms with Crippen molar-refractivity contribution in [1.82, 2.24) is 4.72 Å². The Morgan fingerprint density at radius 3 is 2.47 bits per heavy atom. The Morgan fingerprint density at radius 2 is 1.95 bits per heavy atom. The van der Waals surface area contributed by atoms with Crippen LogP contribution in [0.25, 0.3) is 0 Å². The van der Waals surface area contributed by atoms with Gasteiger partial charge in [-0.25, -0.2) is 21.9 Å². The molecule has 1 aromatic carbocycles. The van der Waals surface area contributed by atoms with Crippen LogP contribution in [0.2, 0.25) is 0 Å². The van der Waals surface area contributed by atoms with Crippen LogP contribution < -0.4 is 4.72 Å². The zero-order valence-corrected chi connectivity index (χ0v) is 11.5.